The van der Waals surface area contributed by atoms with Gasteiger partial charge in [-0.25, -0.2) is 4.39 Å². The lowest BCUT2D eigenvalue weighted by Crippen LogP contribution is -2.27. The molecule has 1 heterocycles. The number of carbonyl (C=O) groups excluding carboxylic acids is 2. The molecule has 146 valence electrons. The Morgan fingerprint density at radius 1 is 1.21 bits per heavy atom. The third-order valence-electron chi connectivity index (χ3n) is 3.87. The van der Waals surface area contributed by atoms with E-state index in [1.807, 2.05) is 0 Å². The number of thioether (sulfide) groups is 1. The largest absolute Gasteiger partial charge is 0.503 e. The maximum absolute atomic E-state index is 13.2. The SMILES string of the molecule is CCOc1cc(/C=C2\SC(=O)N(Cc3ccc(F)cc3Cl)C2=O)cc(Cl)c1O. The predicted molar refractivity (Wildman–Crippen MR) is 107 cm³/mol. The summed E-state index contributed by atoms with van der Waals surface area (Å²) in [5, 5.41) is 9.64. The Morgan fingerprint density at radius 2 is 1.96 bits per heavy atom. The van der Waals surface area contributed by atoms with Crippen LogP contribution in [0.4, 0.5) is 9.18 Å². The van der Waals surface area contributed by atoms with Gasteiger partial charge in [-0.15, -0.1) is 0 Å². The van der Waals surface area contributed by atoms with Crippen LogP contribution in [-0.2, 0) is 11.3 Å². The molecule has 1 aliphatic heterocycles. The van der Waals surface area contributed by atoms with Crippen LogP contribution in [0.3, 0.4) is 0 Å². The number of imide groups is 1. The van der Waals surface area contributed by atoms with Gasteiger partial charge in [-0.3, -0.25) is 14.5 Å². The summed E-state index contributed by atoms with van der Waals surface area (Å²) in [6.07, 6.45) is 1.49. The van der Waals surface area contributed by atoms with Crippen LogP contribution in [0.15, 0.2) is 35.2 Å². The van der Waals surface area contributed by atoms with E-state index in [1.54, 1.807) is 6.92 Å². The summed E-state index contributed by atoms with van der Waals surface area (Å²) < 4.78 is 18.5. The summed E-state index contributed by atoms with van der Waals surface area (Å²) in [6.45, 7) is 2.01. The van der Waals surface area contributed by atoms with E-state index in [2.05, 4.69) is 0 Å². The Labute approximate surface area is 174 Å². The van der Waals surface area contributed by atoms with Gasteiger partial charge >= 0.3 is 0 Å². The van der Waals surface area contributed by atoms with Gasteiger partial charge in [0.2, 0.25) is 0 Å². The summed E-state index contributed by atoms with van der Waals surface area (Å²) in [6, 6.07) is 6.75. The van der Waals surface area contributed by atoms with E-state index in [9.17, 15) is 19.1 Å². The van der Waals surface area contributed by atoms with Crippen LogP contribution in [-0.4, -0.2) is 27.8 Å². The first-order valence-electron chi connectivity index (χ1n) is 8.14. The predicted octanol–water partition coefficient (Wildman–Crippen LogP) is 5.47. The molecule has 0 spiro atoms. The number of phenols is 1. The summed E-state index contributed by atoms with van der Waals surface area (Å²) in [5.74, 6) is -1.02. The second-order valence-corrected chi connectivity index (χ2v) is 7.59. The standard InChI is InChI=1S/C19H14Cl2FNO4S/c1-2-27-15-6-10(5-14(21)17(15)24)7-16-18(25)23(19(26)28-16)9-11-3-4-12(22)8-13(11)20/h3-8,24H,2,9H2,1H3/b16-7-. The normalized spacial score (nSPS) is 15.6. The molecule has 5 nitrogen and oxygen atoms in total. The molecule has 3 rings (SSSR count). The van der Waals surface area contributed by atoms with Crippen molar-refractivity contribution in [1.82, 2.24) is 4.90 Å². The highest BCUT2D eigenvalue weighted by atomic mass is 35.5. The Kier molecular flexibility index (Phi) is 6.17. The van der Waals surface area contributed by atoms with Gasteiger partial charge in [0.25, 0.3) is 11.1 Å². The van der Waals surface area contributed by atoms with Crippen molar-refractivity contribution in [3.63, 3.8) is 0 Å². The quantitative estimate of drug-likeness (QED) is 0.622. The molecule has 0 saturated carbocycles. The number of benzene rings is 2. The average molecular weight is 442 g/mol. The van der Waals surface area contributed by atoms with Crippen molar-refractivity contribution in [1.29, 1.82) is 0 Å². The fourth-order valence-electron chi connectivity index (χ4n) is 2.55. The van der Waals surface area contributed by atoms with Crippen LogP contribution in [0.5, 0.6) is 11.5 Å². The maximum Gasteiger partial charge on any atom is 0.293 e. The van der Waals surface area contributed by atoms with Gasteiger partial charge in [0, 0.05) is 5.02 Å². The van der Waals surface area contributed by atoms with Crippen molar-refractivity contribution in [2.75, 3.05) is 6.61 Å². The fourth-order valence-corrected chi connectivity index (χ4v) is 3.83. The van der Waals surface area contributed by atoms with E-state index in [4.69, 9.17) is 27.9 Å². The number of carbonyl (C=O) groups is 2. The molecule has 1 saturated heterocycles. The van der Waals surface area contributed by atoms with E-state index >= 15 is 0 Å². The molecule has 2 aromatic rings. The Hall–Kier alpha value is -2.22. The molecule has 0 aromatic heterocycles. The summed E-state index contributed by atoms with van der Waals surface area (Å²) >= 11 is 12.8. The van der Waals surface area contributed by atoms with Crippen molar-refractivity contribution in [3.05, 3.63) is 62.2 Å². The molecule has 0 bridgehead atoms. The zero-order valence-corrected chi connectivity index (χ0v) is 16.9. The fraction of sp³-hybridized carbons (Fsp3) is 0.158. The van der Waals surface area contributed by atoms with Gasteiger partial charge in [-0.05, 0) is 60.2 Å². The first-order chi connectivity index (χ1) is 13.3. The first kappa shape index (κ1) is 20.5. The minimum atomic E-state index is -0.503. The van der Waals surface area contributed by atoms with Crippen LogP contribution in [0.2, 0.25) is 10.0 Å². The highest BCUT2D eigenvalue weighted by Gasteiger charge is 2.35. The molecule has 2 amide bonds. The van der Waals surface area contributed by atoms with Crippen LogP contribution < -0.4 is 4.74 Å². The van der Waals surface area contributed by atoms with Crippen molar-refractivity contribution in [3.8, 4) is 11.5 Å². The molecule has 2 aromatic carbocycles. The minimum Gasteiger partial charge on any atom is -0.503 e. The molecule has 1 N–H and O–H groups in total. The van der Waals surface area contributed by atoms with Gasteiger partial charge in [-0.2, -0.15) is 0 Å². The zero-order valence-electron chi connectivity index (χ0n) is 14.5. The topological polar surface area (TPSA) is 66.8 Å². The monoisotopic (exact) mass is 441 g/mol. The van der Waals surface area contributed by atoms with Gasteiger partial charge in [-0.1, -0.05) is 29.3 Å². The summed E-state index contributed by atoms with van der Waals surface area (Å²) in [7, 11) is 0. The number of halogens is 3. The molecule has 9 heteroatoms. The third-order valence-corrected chi connectivity index (χ3v) is 5.41. The van der Waals surface area contributed by atoms with Gasteiger partial charge in [0.1, 0.15) is 5.82 Å². The van der Waals surface area contributed by atoms with Crippen molar-refractivity contribution >= 4 is 52.2 Å². The molecular weight excluding hydrogens is 428 g/mol. The van der Waals surface area contributed by atoms with Crippen LogP contribution in [0, 0.1) is 5.82 Å². The smallest absolute Gasteiger partial charge is 0.293 e. The second-order valence-electron chi connectivity index (χ2n) is 5.79. The van der Waals surface area contributed by atoms with Crippen molar-refractivity contribution in [2.24, 2.45) is 0 Å². The van der Waals surface area contributed by atoms with E-state index in [-0.39, 0.29) is 33.0 Å². The number of hydrogen-bond donors (Lipinski definition) is 1. The molecule has 0 radical (unpaired) electrons. The van der Waals surface area contributed by atoms with E-state index in [1.165, 1.54) is 30.3 Å². The van der Waals surface area contributed by atoms with E-state index in [0.717, 1.165) is 22.7 Å². The Balaban J connectivity index is 1.87. The van der Waals surface area contributed by atoms with Gasteiger partial charge in [0.05, 0.1) is 23.1 Å². The van der Waals surface area contributed by atoms with Gasteiger partial charge < -0.3 is 9.84 Å². The lowest BCUT2D eigenvalue weighted by molar-refractivity contribution is -0.123. The Morgan fingerprint density at radius 3 is 2.64 bits per heavy atom. The minimum absolute atomic E-state index is 0.0644. The molecule has 0 atom stereocenters. The number of nitrogens with zero attached hydrogens (tertiary/aromatic N) is 1. The van der Waals surface area contributed by atoms with Crippen LogP contribution >= 0.6 is 35.0 Å². The number of aromatic hydroxyl groups is 1. The number of hydrogen-bond acceptors (Lipinski definition) is 5. The van der Waals surface area contributed by atoms with Crippen molar-refractivity contribution < 1.29 is 23.8 Å². The number of ether oxygens (including phenoxy) is 1. The number of phenolic OH excluding ortho intramolecular Hbond substituents is 1. The van der Waals surface area contributed by atoms with E-state index in [0.29, 0.717) is 17.7 Å². The highest BCUT2D eigenvalue weighted by molar-refractivity contribution is 8.18. The maximum atomic E-state index is 13.2. The van der Waals surface area contributed by atoms with Crippen LogP contribution in [0.1, 0.15) is 18.1 Å². The zero-order chi connectivity index (χ0) is 20.4. The number of amides is 2. The first-order valence-corrected chi connectivity index (χ1v) is 9.72. The highest BCUT2D eigenvalue weighted by Crippen LogP contribution is 2.38. The van der Waals surface area contributed by atoms with Gasteiger partial charge in [0.15, 0.2) is 11.5 Å². The molecule has 0 aliphatic carbocycles. The van der Waals surface area contributed by atoms with Crippen molar-refractivity contribution in [2.45, 2.75) is 13.5 Å². The second kappa shape index (κ2) is 8.43. The molecular formula is C19H14Cl2FNO4S. The molecule has 28 heavy (non-hydrogen) atoms. The third kappa shape index (κ3) is 4.27. The molecule has 0 unspecified atom stereocenters. The molecule has 1 aliphatic rings. The average Bonchev–Trinajstić information content (AvgIpc) is 2.89. The summed E-state index contributed by atoms with van der Waals surface area (Å²) in [4.78, 5) is 26.1. The lowest BCUT2D eigenvalue weighted by atomic mass is 10.1. The van der Waals surface area contributed by atoms with Crippen LogP contribution in [0.25, 0.3) is 6.08 Å². The summed E-state index contributed by atoms with van der Waals surface area (Å²) in [5.41, 5.74) is 0.953. The molecule has 1 fully saturated rings. The van der Waals surface area contributed by atoms with E-state index < -0.39 is 17.0 Å². The number of rotatable bonds is 5. The lowest BCUT2D eigenvalue weighted by Gasteiger charge is -2.13. The Bertz CT molecular complexity index is 996.